The van der Waals surface area contributed by atoms with E-state index in [4.69, 9.17) is 4.74 Å². The maximum Gasteiger partial charge on any atom is 0.213 e. The van der Waals surface area contributed by atoms with Crippen molar-refractivity contribution in [2.75, 3.05) is 12.4 Å². The largest absolute Gasteiger partial charge is 0.497 e. The highest BCUT2D eigenvalue weighted by Gasteiger charge is 2.05. The van der Waals surface area contributed by atoms with Gasteiger partial charge in [-0.1, -0.05) is 0 Å². The Hall–Kier alpha value is -1.95. The molecule has 0 radical (unpaired) electrons. The van der Waals surface area contributed by atoms with Crippen molar-refractivity contribution in [3.63, 3.8) is 0 Å². The molecule has 82 valence electrons. The van der Waals surface area contributed by atoms with Crippen molar-refractivity contribution in [3.05, 3.63) is 24.3 Å². The SMILES string of the molecule is COc1ccc(-c2nsc(NC=O)n2)cc1. The van der Waals surface area contributed by atoms with Crippen molar-refractivity contribution in [2.45, 2.75) is 0 Å². The van der Waals surface area contributed by atoms with E-state index in [0.717, 1.165) is 22.8 Å². The number of hydrogen-bond donors (Lipinski definition) is 1. The van der Waals surface area contributed by atoms with E-state index in [9.17, 15) is 4.79 Å². The van der Waals surface area contributed by atoms with Gasteiger partial charge in [-0.2, -0.15) is 9.36 Å². The van der Waals surface area contributed by atoms with Crippen molar-refractivity contribution in [1.82, 2.24) is 9.36 Å². The van der Waals surface area contributed by atoms with Gasteiger partial charge >= 0.3 is 0 Å². The molecule has 0 spiro atoms. The lowest BCUT2D eigenvalue weighted by Crippen LogP contribution is -1.92. The number of amides is 1. The summed E-state index contributed by atoms with van der Waals surface area (Å²) in [5.41, 5.74) is 0.885. The molecule has 0 saturated heterocycles. The molecule has 1 amide bonds. The lowest BCUT2D eigenvalue weighted by atomic mass is 10.2. The van der Waals surface area contributed by atoms with Gasteiger partial charge in [-0.15, -0.1) is 0 Å². The molecule has 0 unspecified atom stereocenters. The fourth-order valence-electron chi connectivity index (χ4n) is 1.19. The van der Waals surface area contributed by atoms with Gasteiger partial charge in [-0.05, 0) is 24.3 Å². The maximum atomic E-state index is 10.2. The highest BCUT2D eigenvalue weighted by Crippen LogP contribution is 2.22. The Morgan fingerprint density at radius 2 is 2.12 bits per heavy atom. The molecule has 0 atom stereocenters. The van der Waals surface area contributed by atoms with Crippen LogP contribution in [-0.2, 0) is 4.79 Å². The molecule has 2 rings (SSSR count). The topological polar surface area (TPSA) is 64.1 Å². The van der Waals surface area contributed by atoms with Gasteiger partial charge in [0, 0.05) is 17.1 Å². The van der Waals surface area contributed by atoms with Crippen LogP contribution in [0.2, 0.25) is 0 Å². The third kappa shape index (κ3) is 2.17. The van der Waals surface area contributed by atoms with Crippen LogP contribution in [-0.4, -0.2) is 22.9 Å². The second kappa shape index (κ2) is 4.71. The molecule has 16 heavy (non-hydrogen) atoms. The fraction of sp³-hybridized carbons (Fsp3) is 0.100. The summed E-state index contributed by atoms with van der Waals surface area (Å²) in [6.45, 7) is 0. The first kappa shape index (κ1) is 10.6. The first-order valence-electron chi connectivity index (χ1n) is 4.52. The van der Waals surface area contributed by atoms with E-state index >= 15 is 0 Å². The van der Waals surface area contributed by atoms with Crippen molar-refractivity contribution in [1.29, 1.82) is 0 Å². The summed E-state index contributed by atoms with van der Waals surface area (Å²) in [6.07, 6.45) is 0.582. The molecular formula is C10H9N3O2S. The predicted octanol–water partition coefficient (Wildman–Crippen LogP) is 1.78. The molecule has 0 aliphatic rings. The summed E-state index contributed by atoms with van der Waals surface area (Å²) in [6, 6.07) is 7.41. The van der Waals surface area contributed by atoms with E-state index in [1.807, 2.05) is 24.3 Å². The van der Waals surface area contributed by atoms with Crippen LogP contribution >= 0.6 is 11.5 Å². The molecular weight excluding hydrogens is 226 g/mol. The molecule has 2 aromatic rings. The molecule has 5 nitrogen and oxygen atoms in total. The van der Waals surface area contributed by atoms with Crippen molar-refractivity contribution in [3.8, 4) is 17.1 Å². The zero-order valence-corrected chi connectivity index (χ0v) is 9.32. The molecule has 1 N–H and O–H groups in total. The number of aromatic nitrogens is 2. The van der Waals surface area contributed by atoms with Crippen LogP contribution < -0.4 is 10.1 Å². The number of methoxy groups -OCH3 is 1. The number of benzene rings is 1. The van der Waals surface area contributed by atoms with Gasteiger partial charge in [-0.25, -0.2) is 0 Å². The zero-order valence-electron chi connectivity index (χ0n) is 8.51. The van der Waals surface area contributed by atoms with Gasteiger partial charge in [0.15, 0.2) is 5.82 Å². The second-order valence-corrected chi connectivity index (χ2v) is 3.67. The van der Waals surface area contributed by atoms with E-state index in [1.54, 1.807) is 7.11 Å². The summed E-state index contributed by atoms with van der Waals surface area (Å²) in [7, 11) is 1.61. The van der Waals surface area contributed by atoms with E-state index in [-0.39, 0.29) is 0 Å². The summed E-state index contributed by atoms with van der Waals surface area (Å²) >= 11 is 1.14. The van der Waals surface area contributed by atoms with Gasteiger partial charge in [0.2, 0.25) is 11.5 Å². The van der Waals surface area contributed by atoms with Crippen LogP contribution in [0.4, 0.5) is 5.13 Å². The molecule has 0 bridgehead atoms. The van der Waals surface area contributed by atoms with Crippen LogP contribution in [0.5, 0.6) is 5.75 Å². The van der Waals surface area contributed by atoms with Crippen LogP contribution in [0.25, 0.3) is 11.4 Å². The molecule has 1 heterocycles. The average molecular weight is 235 g/mol. The van der Waals surface area contributed by atoms with E-state index in [1.165, 1.54) is 0 Å². The Labute approximate surface area is 96.3 Å². The number of carbonyl (C=O) groups excluding carboxylic acids is 1. The summed E-state index contributed by atoms with van der Waals surface area (Å²) < 4.78 is 9.18. The third-order valence-electron chi connectivity index (χ3n) is 1.96. The quantitative estimate of drug-likeness (QED) is 0.820. The third-order valence-corrected chi connectivity index (χ3v) is 2.60. The fourth-order valence-corrected chi connectivity index (χ4v) is 1.74. The minimum absolute atomic E-state index is 0.487. The Kier molecular flexibility index (Phi) is 3.11. The highest BCUT2D eigenvalue weighted by atomic mass is 32.1. The molecule has 1 aromatic heterocycles. The van der Waals surface area contributed by atoms with E-state index in [2.05, 4.69) is 14.7 Å². The highest BCUT2D eigenvalue weighted by molar-refractivity contribution is 7.10. The molecule has 1 aromatic carbocycles. The predicted molar refractivity (Wildman–Crippen MR) is 61.6 cm³/mol. The number of nitrogens with zero attached hydrogens (tertiary/aromatic N) is 2. The maximum absolute atomic E-state index is 10.2. The summed E-state index contributed by atoms with van der Waals surface area (Å²) in [5, 5.41) is 2.95. The number of rotatable bonds is 4. The van der Waals surface area contributed by atoms with Gasteiger partial charge in [0.1, 0.15) is 5.75 Å². The minimum atomic E-state index is 0.487. The Bertz CT molecular complexity index is 481. The number of anilines is 1. The van der Waals surface area contributed by atoms with Crippen molar-refractivity contribution < 1.29 is 9.53 Å². The first-order valence-corrected chi connectivity index (χ1v) is 5.29. The number of hydrogen-bond acceptors (Lipinski definition) is 5. The number of carbonyl (C=O) groups is 1. The van der Waals surface area contributed by atoms with Crippen LogP contribution in [0.1, 0.15) is 0 Å². The summed E-state index contributed by atoms with van der Waals surface area (Å²) in [5.74, 6) is 1.38. The lowest BCUT2D eigenvalue weighted by Gasteiger charge is -1.99. The zero-order chi connectivity index (χ0) is 11.4. The molecule has 0 saturated carbocycles. The molecule has 0 aliphatic heterocycles. The van der Waals surface area contributed by atoms with Crippen LogP contribution in [0.3, 0.4) is 0 Å². The van der Waals surface area contributed by atoms with Crippen molar-refractivity contribution >= 4 is 23.1 Å². The first-order chi connectivity index (χ1) is 7.83. The number of ether oxygens (including phenoxy) is 1. The van der Waals surface area contributed by atoms with Crippen LogP contribution in [0.15, 0.2) is 24.3 Å². The smallest absolute Gasteiger partial charge is 0.213 e. The molecule has 0 aliphatic carbocycles. The number of nitrogens with one attached hydrogen (secondary N) is 1. The van der Waals surface area contributed by atoms with Crippen molar-refractivity contribution in [2.24, 2.45) is 0 Å². The Morgan fingerprint density at radius 3 is 2.75 bits per heavy atom. The summed E-state index contributed by atoms with van der Waals surface area (Å²) in [4.78, 5) is 14.4. The van der Waals surface area contributed by atoms with Gasteiger partial charge in [0.25, 0.3) is 0 Å². The van der Waals surface area contributed by atoms with Gasteiger partial charge in [-0.3, -0.25) is 4.79 Å². The Balaban J connectivity index is 2.24. The lowest BCUT2D eigenvalue weighted by molar-refractivity contribution is -0.105. The standard InChI is InChI=1S/C10H9N3O2S/c1-15-8-4-2-7(3-5-8)9-12-10(11-6-14)16-13-9/h2-6H,1H3,(H,11,12,13,14). The van der Waals surface area contributed by atoms with Gasteiger partial charge < -0.3 is 10.1 Å². The Morgan fingerprint density at radius 1 is 1.38 bits per heavy atom. The van der Waals surface area contributed by atoms with Crippen LogP contribution in [0, 0.1) is 0 Å². The monoisotopic (exact) mass is 235 g/mol. The van der Waals surface area contributed by atoms with Gasteiger partial charge in [0.05, 0.1) is 7.11 Å². The molecule has 0 fully saturated rings. The van der Waals surface area contributed by atoms with E-state index < -0.39 is 0 Å². The second-order valence-electron chi connectivity index (χ2n) is 2.91. The van der Waals surface area contributed by atoms with E-state index in [0.29, 0.717) is 17.4 Å². The normalized spacial score (nSPS) is 9.81. The average Bonchev–Trinajstić information content (AvgIpc) is 2.78. The molecule has 6 heteroatoms. The minimum Gasteiger partial charge on any atom is -0.497 e.